The van der Waals surface area contributed by atoms with E-state index in [0.29, 0.717) is 0 Å². The molecule has 5 nitrogen and oxygen atoms in total. The van der Waals surface area contributed by atoms with Crippen LogP contribution in [0.15, 0.2) is 4.99 Å². The molecule has 2 saturated heterocycles. The van der Waals surface area contributed by atoms with Gasteiger partial charge in [-0.2, -0.15) is 0 Å². The average molecular weight is 310 g/mol. The van der Waals surface area contributed by atoms with E-state index in [1.807, 2.05) is 0 Å². The highest BCUT2D eigenvalue weighted by molar-refractivity contribution is 5.80. The fourth-order valence-electron chi connectivity index (χ4n) is 2.97. The van der Waals surface area contributed by atoms with Crippen LogP contribution in [0.3, 0.4) is 0 Å². The molecule has 1 unspecified atom stereocenters. The number of nitrogens with zero attached hydrogens (tertiary/aromatic N) is 3. The fraction of sp³-hybridized carbons (Fsp3) is 0.941. The first-order valence-corrected chi connectivity index (χ1v) is 8.81. The summed E-state index contributed by atoms with van der Waals surface area (Å²) in [6.45, 7) is 18.2. The second-order valence-corrected chi connectivity index (χ2v) is 7.75. The Kier molecular flexibility index (Phi) is 6.50. The highest BCUT2D eigenvalue weighted by Crippen LogP contribution is 2.16. The molecule has 2 fully saturated rings. The van der Waals surface area contributed by atoms with Gasteiger partial charge in [0.15, 0.2) is 5.96 Å². The van der Waals surface area contributed by atoms with Gasteiger partial charge in [-0.05, 0) is 24.7 Å². The molecule has 1 N–H and O–H groups in total. The minimum absolute atomic E-state index is 0.241. The lowest BCUT2D eigenvalue weighted by atomic mass is 9.97. The van der Waals surface area contributed by atoms with Crippen molar-refractivity contribution in [3.8, 4) is 0 Å². The zero-order chi connectivity index (χ0) is 16.0. The van der Waals surface area contributed by atoms with Crippen molar-refractivity contribution in [1.82, 2.24) is 15.1 Å². The third-order valence-corrected chi connectivity index (χ3v) is 4.25. The molecule has 1 atom stereocenters. The lowest BCUT2D eigenvalue weighted by Crippen LogP contribution is -2.53. The summed E-state index contributed by atoms with van der Waals surface area (Å²) >= 11 is 0. The number of nitrogens with one attached hydrogen (secondary N) is 1. The van der Waals surface area contributed by atoms with E-state index in [-0.39, 0.29) is 5.41 Å². The summed E-state index contributed by atoms with van der Waals surface area (Å²) in [5.74, 6) is 1.83. The van der Waals surface area contributed by atoms with Gasteiger partial charge in [0.2, 0.25) is 0 Å². The van der Waals surface area contributed by atoms with Crippen LogP contribution in [-0.4, -0.2) is 74.8 Å². The Hall–Kier alpha value is -0.810. The van der Waals surface area contributed by atoms with Crippen LogP contribution in [0, 0.1) is 11.3 Å². The summed E-state index contributed by atoms with van der Waals surface area (Å²) in [5, 5.41) is 3.45. The Morgan fingerprint density at radius 2 is 1.95 bits per heavy atom. The Bertz CT molecular complexity index is 350. The predicted molar refractivity (Wildman–Crippen MR) is 92.4 cm³/mol. The predicted octanol–water partition coefficient (Wildman–Crippen LogP) is 1.65. The number of piperazine rings is 1. The molecule has 0 spiro atoms. The minimum atomic E-state index is 0.241. The van der Waals surface area contributed by atoms with E-state index in [1.165, 1.54) is 13.0 Å². The second-order valence-electron chi connectivity index (χ2n) is 7.75. The summed E-state index contributed by atoms with van der Waals surface area (Å²) in [4.78, 5) is 9.83. The number of ether oxygens (including phenoxy) is 1. The van der Waals surface area contributed by atoms with Gasteiger partial charge < -0.3 is 15.0 Å². The normalized spacial score (nSPS) is 24.8. The van der Waals surface area contributed by atoms with Crippen LogP contribution >= 0.6 is 0 Å². The van der Waals surface area contributed by atoms with Crippen molar-refractivity contribution in [3.63, 3.8) is 0 Å². The van der Waals surface area contributed by atoms with Crippen molar-refractivity contribution in [2.24, 2.45) is 16.3 Å². The van der Waals surface area contributed by atoms with Crippen LogP contribution in [0.4, 0.5) is 0 Å². The molecular weight excluding hydrogens is 276 g/mol. The van der Waals surface area contributed by atoms with Gasteiger partial charge >= 0.3 is 0 Å². The van der Waals surface area contributed by atoms with Gasteiger partial charge in [-0.15, -0.1) is 0 Å². The van der Waals surface area contributed by atoms with Crippen molar-refractivity contribution in [3.05, 3.63) is 0 Å². The largest absolute Gasteiger partial charge is 0.381 e. The van der Waals surface area contributed by atoms with Crippen LogP contribution in [0.2, 0.25) is 0 Å². The van der Waals surface area contributed by atoms with E-state index >= 15 is 0 Å². The van der Waals surface area contributed by atoms with E-state index in [0.717, 1.165) is 64.4 Å². The molecule has 2 aliphatic heterocycles. The number of rotatable bonds is 4. The molecule has 0 aromatic rings. The molecule has 0 radical (unpaired) electrons. The molecule has 0 bridgehead atoms. The van der Waals surface area contributed by atoms with Crippen LogP contribution < -0.4 is 5.32 Å². The maximum absolute atomic E-state index is 5.49. The molecule has 0 saturated carbocycles. The van der Waals surface area contributed by atoms with Gasteiger partial charge in [0.25, 0.3) is 0 Å². The van der Waals surface area contributed by atoms with Crippen LogP contribution in [0.1, 0.15) is 34.1 Å². The summed E-state index contributed by atoms with van der Waals surface area (Å²) in [7, 11) is 0. The van der Waals surface area contributed by atoms with E-state index in [2.05, 4.69) is 42.8 Å². The number of hydrogen-bond acceptors (Lipinski definition) is 3. The average Bonchev–Trinajstić information content (AvgIpc) is 2.96. The van der Waals surface area contributed by atoms with Gasteiger partial charge in [0.1, 0.15) is 0 Å². The first-order chi connectivity index (χ1) is 10.5. The third kappa shape index (κ3) is 5.76. The van der Waals surface area contributed by atoms with Crippen molar-refractivity contribution in [2.75, 3.05) is 59.0 Å². The molecule has 2 aliphatic rings. The summed E-state index contributed by atoms with van der Waals surface area (Å²) < 4.78 is 5.49. The highest BCUT2D eigenvalue weighted by atomic mass is 16.5. The molecule has 0 aromatic heterocycles. The summed E-state index contributed by atoms with van der Waals surface area (Å²) in [5.41, 5.74) is 0.241. The standard InChI is InChI=1S/C17H34N4O/c1-5-18-16(19-14-17(2,3)4)21-9-7-20(8-10-21)12-15-6-11-22-13-15/h15H,5-14H2,1-4H3,(H,18,19). The van der Waals surface area contributed by atoms with Gasteiger partial charge in [-0.1, -0.05) is 20.8 Å². The Morgan fingerprint density at radius 1 is 1.23 bits per heavy atom. The van der Waals surface area contributed by atoms with Crippen molar-refractivity contribution >= 4 is 5.96 Å². The van der Waals surface area contributed by atoms with Crippen LogP contribution in [0.5, 0.6) is 0 Å². The minimum Gasteiger partial charge on any atom is -0.381 e. The van der Waals surface area contributed by atoms with Gasteiger partial charge in [-0.25, -0.2) is 0 Å². The van der Waals surface area contributed by atoms with Gasteiger partial charge in [0.05, 0.1) is 6.61 Å². The molecule has 22 heavy (non-hydrogen) atoms. The maximum atomic E-state index is 5.49. The van der Waals surface area contributed by atoms with E-state index in [1.54, 1.807) is 0 Å². The number of hydrogen-bond donors (Lipinski definition) is 1. The SMILES string of the molecule is CCNC(=NCC(C)(C)C)N1CCN(CC2CCOC2)CC1. The zero-order valence-electron chi connectivity index (χ0n) is 14.9. The van der Waals surface area contributed by atoms with E-state index in [9.17, 15) is 0 Å². The highest BCUT2D eigenvalue weighted by Gasteiger charge is 2.24. The first-order valence-electron chi connectivity index (χ1n) is 8.81. The Morgan fingerprint density at radius 3 is 2.50 bits per heavy atom. The maximum Gasteiger partial charge on any atom is 0.194 e. The van der Waals surface area contributed by atoms with Gasteiger partial charge in [0, 0.05) is 52.4 Å². The molecule has 2 rings (SSSR count). The van der Waals surface area contributed by atoms with Crippen molar-refractivity contribution < 1.29 is 4.74 Å². The van der Waals surface area contributed by atoms with Gasteiger partial charge in [-0.3, -0.25) is 9.89 Å². The summed E-state index contributed by atoms with van der Waals surface area (Å²) in [6.07, 6.45) is 1.23. The zero-order valence-corrected chi connectivity index (χ0v) is 14.9. The Labute approximate surface area is 136 Å². The molecule has 0 aliphatic carbocycles. The molecule has 128 valence electrons. The van der Waals surface area contributed by atoms with Crippen LogP contribution in [0.25, 0.3) is 0 Å². The molecular formula is C17H34N4O. The van der Waals surface area contributed by atoms with Crippen molar-refractivity contribution in [2.45, 2.75) is 34.1 Å². The lowest BCUT2D eigenvalue weighted by molar-refractivity contribution is 0.139. The topological polar surface area (TPSA) is 40.1 Å². The molecule has 5 heteroatoms. The van der Waals surface area contributed by atoms with E-state index < -0.39 is 0 Å². The summed E-state index contributed by atoms with van der Waals surface area (Å²) in [6, 6.07) is 0. The monoisotopic (exact) mass is 310 g/mol. The van der Waals surface area contributed by atoms with Crippen LogP contribution in [-0.2, 0) is 4.74 Å². The molecule has 0 aromatic carbocycles. The lowest BCUT2D eigenvalue weighted by Gasteiger charge is -2.37. The number of guanidine groups is 1. The number of aliphatic imine (C=N–C) groups is 1. The first kappa shape index (κ1) is 17.5. The quantitative estimate of drug-likeness (QED) is 0.633. The third-order valence-electron chi connectivity index (χ3n) is 4.25. The second kappa shape index (κ2) is 8.16. The molecule has 0 amide bonds. The van der Waals surface area contributed by atoms with E-state index in [4.69, 9.17) is 9.73 Å². The Balaban J connectivity index is 1.81. The fourth-order valence-corrected chi connectivity index (χ4v) is 2.97. The van der Waals surface area contributed by atoms with Crippen molar-refractivity contribution in [1.29, 1.82) is 0 Å². The molecule has 2 heterocycles. The smallest absolute Gasteiger partial charge is 0.194 e.